The van der Waals surface area contributed by atoms with Crippen LogP contribution in [0.15, 0.2) is 40.9 Å². The molecule has 0 aliphatic rings. The molecule has 0 aliphatic heterocycles. The number of nitrogens with one attached hydrogen (secondary N) is 2. The van der Waals surface area contributed by atoms with E-state index in [2.05, 4.69) is 26.6 Å². The second-order valence-electron chi connectivity index (χ2n) is 4.51. The predicted molar refractivity (Wildman–Crippen MR) is 82.4 cm³/mol. The Morgan fingerprint density at radius 3 is 2.52 bits per heavy atom. The van der Waals surface area contributed by atoms with Crippen LogP contribution in [0.2, 0.25) is 0 Å². The van der Waals surface area contributed by atoms with Crippen molar-refractivity contribution >= 4 is 33.2 Å². The van der Waals surface area contributed by atoms with Crippen LogP contribution in [0.4, 0.5) is 20.2 Å². The summed E-state index contributed by atoms with van der Waals surface area (Å²) in [5.41, 5.74) is 1.80. The molecule has 2 rings (SSSR count). The fraction of sp³-hybridized carbons (Fsp3) is 0.133. The third-order valence-electron chi connectivity index (χ3n) is 2.77. The largest absolute Gasteiger partial charge is 0.375 e. The van der Waals surface area contributed by atoms with E-state index >= 15 is 0 Å². The monoisotopic (exact) mass is 354 g/mol. The van der Waals surface area contributed by atoms with E-state index in [0.717, 1.165) is 27.9 Å². The first-order chi connectivity index (χ1) is 9.95. The van der Waals surface area contributed by atoms with E-state index in [0.29, 0.717) is 0 Å². The van der Waals surface area contributed by atoms with Crippen molar-refractivity contribution in [2.75, 3.05) is 17.2 Å². The van der Waals surface area contributed by atoms with Crippen LogP contribution in [0.25, 0.3) is 0 Å². The number of rotatable bonds is 4. The minimum Gasteiger partial charge on any atom is -0.375 e. The molecule has 21 heavy (non-hydrogen) atoms. The molecule has 0 saturated carbocycles. The number of anilines is 2. The molecule has 0 saturated heterocycles. The van der Waals surface area contributed by atoms with E-state index < -0.39 is 17.5 Å². The van der Waals surface area contributed by atoms with Crippen LogP contribution in [-0.4, -0.2) is 12.5 Å². The van der Waals surface area contributed by atoms with Gasteiger partial charge in [-0.15, -0.1) is 0 Å². The average molecular weight is 355 g/mol. The van der Waals surface area contributed by atoms with Gasteiger partial charge in [-0.1, -0.05) is 6.07 Å². The lowest BCUT2D eigenvalue weighted by Gasteiger charge is -2.10. The highest BCUT2D eigenvalue weighted by molar-refractivity contribution is 9.10. The Bertz CT molecular complexity index is 677. The first-order valence-electron chi connectivity index (χ1n) is 6.20. The van der Waals surface area contributed by atoms with E-state index in [9.17, 15) is 13.6 Å². The predicted octanol–water partition coefficient (Wildman–Crippen LogP) is 4.09. The van der Waals surface area contributed by atoms with Gasteiger partial charge in [0.15, 0.2) is 0 Å². The van der Waals surface area contributed by atoms with Gasteiger partial charge in [0.2, 0.25) is 5.91 Å². The zero-order valence-electron chi connectivity index (χ0n) is 11.2. The average Bonchev–Trinajstić information content (AvgIpc) is 2.41. The van der Waals surface area contributed by atoms with Gasteiger partial charge in [-0.05, 0) is 52.7 Å². The van der Waals surface area contributed by atoms with Gasteiger partial charge in [-0.25, -0.2) is 8.78 Å². The zero-order valence-corrected chi connectivity index (χ0v) is 12.8. The molecule has 0 radical (unpaired) electrons. The lowest BCUT2D eigenvalue weighted by atomic mass is 10.2. The fourth-order valence-corrected chi connectivity index (χ4v) is 2.36. The minimum atomic E-state index is -0.806. The van der Waals surface area contributed by atoms with Gasteiger partial charge >= 0.3 is 0 Å². The summed E-state index contributed by atoms with van der Waals surface area (Å²) < 4.78 is 27.0. The number of halogens is 3. The highest BCUT2D eigenvalue weighted by Crippen LogP contribution is 2.23. The first kappa shape index (κ1) is 15.4. The summed E-state index contributed by atoms with van der Waals surface area (Å²) in [6.45, 7) is 1.93. The smallest absolute Gasteiger partial charge is 0.243 e. The number of hydrogen-bond donors (Lipinski definition) is 2. The molecular formula is C15H13BrF2N2O. The highest BCUT2D eigenvalue weighted by atomic mass is 79.9. The number of amides is 1. The van der Waals surface area contributed by atoms with Gasteiger partial charge in [0.25, 0.3) is 0 Å². The lowest BCUT2D eigenvalue weighted by molar-refractivity contribution is -0.114. The molecule has 110 valence electrons. The van der Waals surface area contributed by atoms with Crippen LogP contribution in [0.5, 0.6) is 0 Å². The Morgan fingerprint density at radius 1 is 1.14 bits per heavy atom. The lowest BCUT2D eigenvalue weighted by Crippen LogP contribution is -2.22. The molecule has 1 amide bonds. The SMILES string of the molecule is Cc1ccc(NCC(=O)Nc2ccc(F)cc2F)c(Br)c1. The molecular weight excluding hydrogens is 342 g/mol. The maximum Gasteiger partial charge on any atom is 0.243 e. The molecule has 0 bridgehead atoms. The van der Waals surface area contributed by atoms with Crippen molar-refractivity contribution in [3.8, 4) is 0 Å². The van der Waals surface area contributed by atoms with Crippen LogP contribution in [0.3, 0.4) is 0 Å². The molecule has 6 heteroatoms. The van der Waals surface area contributed by atoms with E-state index in [-0.39, 0.29) is 12.2 Å². The van der Waals surface area contributed by atoms with Crippen LogP contribution < -0.4 is 10.6 Å². The van der Waals surface area contributed by atoms with Gasteiger partial charge in [-0.2, -0.15) is 0 Å². The molecule has 0 spiro atoms. The molecule has 3 nitrogen and oxygen atoms in total. The van der Waals surface area contributed by atoms with E-state index in [1.165, 1.54) is 6.07 Å². The third kappa shape index (κ3) is 4.26. The molecule has 0 aliphatic carbocycles. The normalized spacial score (nSPS) is 10.3. The second kappa shape index (κ2) is 6.67. The molecule has 0 unspecified atom stereocenters. The van der Waals surface area contributed by atoms with Crippen LogP contribution in [-0.2, 0) is 4.79 Å². The number of carbonyl (C=O) groups is 1. The van der Waals surface area contributed by atoms with Crippen molar-refractivity contribution in [1.82, 2.24) is 0 Å². The topological polar surface area (TPSA) is 41.1 Å². The van der Waals surface area contributed by atoms with Crippen molar-refractivity contribution in [3.05, 3.63) is 58.1 Å². The quantitative estimate of drug-likeness (QED) is 0.868. The minimum absolute atomic E-state index is 0.0293. The van der Waals surface area contributed by atoms with E-state index in [4.69, 9.17) is 0 Å². The number of hydrogen-bond acceptors (Lipinski definition) is 2. The van der Waals surface area contributed by atoms with Gasteiger partial charge < -0.3 is 10.6 Å². The Morgan fingerprint density at radius 2 is 1.86 bits per heavy atom. The Hall–Kier alpha value is -1.95. The van der Waals surface area contributed by atoms with E-state index in [1.54, 1.807) is 0 Å². The van der Waals surface area contributed by atoms with Crippen LogP contribution in [0.1, 0.15) is 5.56 Å². The number of carbonyl (C=O) groups excluding carboxylic acids is 1. The Labute approximate surface area is 129 Å². The fourth-order valence-electron chi connectivity index (χ4n) is 1.72. The van der Waals surface area contributed by atoms with Gasteiger partial charge in [0.1, 0.15) is 11.6 Å². The standard InChI is InChI=1S/C15H13BrF2N2O/c1-9-2-4-13(11(16)6-9)19-8-15(21)20-14-5-3-10(17)7-12(14)18/h2-7,19H,8H2,1H3,(H,20,21). The second-order valence-corrected chi connectivity index (χ2v) is 5.36. The van der Waals surface area contributed by atoms with Crippen LogP contribution >= 0.6 is 15.9 Å². The maximum absolute atomic E-state index is 13.4. The van der Waals surface area contributed by atoms with Gasteiger partial charge in [0, 0.05) is 16.2 Å². The molecule has 2 N–H and O–H groups in total. The molecule has 0 aromatic heterocycles. The van der Waals surface area contributed by atoms with Crippen LogP contribution in [0, 0.1) is 18.6 Å². The third-order valence-corrected chi connectivity index (χ3v) is 3.43. The number of benzene rings is 2. The molecule has 0 fully saturated rings. The summed E-state index contributed by atoms with van der Waals surface area (Å²) in [4.78, 5) is 11.8. The Balaban J connectivity index is 1.96. The highest BCUT2D eigenvalue weighted by Gasteiger charge is 2.08. The summed E-state index contributed by atoms with van der Waals surface area (Å²) in [6.07, 6.45) is 0. The molecule has 2 aromatic carbocycles. The Kier molecular flexibility index (Phi) is 4.90. The van der Waals surface area contributed by atoms with Gasteiger partial charge in [-0.3, -0.25) is 4.79 Å². The van der Waals surface area contributed by atoms with Crippen molar-refractivity contribution in [3.63, 3.8) is 0 Å². The van der Waals surface area contributed by atoms with Crippen molar-refractivity contribution in [2.45, 2.75) is 6.92 Å². The zero-order chi connectivity index (χ0) is 15.4. The maximum atomic E-state index is 13.4. The van der Waals surface area contributed by atoms with Crippen molar-refractivity contribution < 1.29 is 13.6 Å². The summed E-state index contributed by atoms with van der Waals surface area (Å²) in [7, 11) is 0. The number of aryl methyl sites for hydroxylation is 1. The van der Waals surface area contributed by atoms with Gasteiger partial charge in [0.05, 0.1) is 12.2 Å². The molecule has 0 heterocycles. The summed E-state index contributed by atoms with van der Waals surface area (Å²) in [5, 5.41) is 5.32. The van der Waals surface area contributed by atoms with Crippen molar-refractivity contribution in [1.29, 1.82) is 0 Å². The summed E-state index contributed by atoms with van der Waals surface area (Å²) in [6, 6.07) is 8.66. The summed E-state index contributed by atoms with van der Waals surface area (Å²) in [5.74, 6) is -1.92. The molecule has 0 atom stereocenters. The summed E-state index contributed by atoms with van der Waals surface area (Å²) >= 11 is 3.39. The first-order valence-corrected chi connectivity index (χ1v) is 7.00. The van der Waals surface area contributed by atoms with E-state index in [1.807, 2.05) is 25.1 Å². The molecule has 2 aromatic rings. The van der Waals surface area contributed by atoms with Crippen molar-refractivity contribution in [2.24, 2.45) is 0 Å².